The number of hydrogen-bond donors (Lipinski definition) is 1. The highest BCUT2D eigenvalue weighted by molar-refractivity contribution is 6.30. The molecular formula is C19H18ClN3O2. The minimum absolute atomic E-state index is 0.0864. The van der Waals surface area contributed by atoms with Crippen molar-refractivity contribution in [1.82, 2.24) is 15.1 Å². The average Bonchev–Trinajstić information content (AvgIpc) is 2.59. The largest absolute Gasteiger partial charge is 0.350 e. The molecule has 1 aromatic heterocycles. The van der Waals surface area contributed by atoms with Crippen molar-refractivity contribution < 1.29 is 4.79 Å². The van der Waals surface area contributed by atoms with E-state index in [0.717, 1.165) is 11.1 Å². The monoisotopic (exact) mass is 355 g/mol. The van der Waals surface area contributed by atoms with E-state index >= 15 is 0 Å². The lowest BCUT2D eigenvalue weighted by molar-refractivity contribution is 0.0946. The first kappa shape index (κ1) is 17.2. The summed E-state index contributed by atoms with van der Waals surface area (Å²) in [6, 6.07) is 13.0. The molecule has 6 heteroatoms. The number of amides is 1. The molecule has 0 spiro atoms. The molecule has 0 saturated heterocycles. The predicted octanol–water partition coefficient (Wildman–Crippen LogP) is 2.87. The zero-order valence-electron chi connectivity index (χ0n) is 14.0. The third-order valence-electron chi connectivity index (χ3n) is 4.04. The van der Waals surface area contributed by atoms with Gasteiger partial charge in [-0.25, -0.2) is 0 Å². The Hall–Kier alpha value is -2.66. The van der Waals surface area contributed by atoms with Crippen molar-refractivity contribution in [1.29, 1.82) is 0 Å². The molecule has 0 aliphatic heterocycles. The quantitative estimate of drug-likeness (QED) is 0.782. The molecule has 0 aliphatic carbocycles. The first-order valence-electron chi connectivity index (χ1n) is 7.96. The number of halogens is 1. The number of aryl methyl sites for hydroxylation is 2. The normalized spacial score (nSPS) is 10.8. The fourth-order valence-electron chi connectivity index (χ4n) is 2.69. The van der Waals surface area contributed by atoms with Crippen LogP contribution in [0.5, 0.6) is 0 Å². The van der Waals surface area contributed by atoms with Crippen LogP contribution in [-0.2, 0) is 13.5 Å². The molecular weight excluding hydrogens is 338 g/mol. The van der Waals surface area contributed by atoms with Gasteiger partial charge in [0.05, 0.1) is 10.9 Å². The van der Waals surface area contributed by atoms with Gasteiger partial charge in [0.25, 0.3) is 5.91 Å². The van der Waals surface area contributed by atoms with E-state index in [1.54, 1.807) is 17.8 Å². The van der Waals surface area contributed by atoms with Gasteiger partial charge in [-0.3, -0.25) is 14.3 Å². The van der Waals surface area contributed by atoms with E-state index < -0.39 is 5.91 Å². The summed E-state index contributed by atoms with van der Waals surface area (Å²) in [6.45, 7) is 2.32. The third-order valence-corrected chi connectivity index (χ3v) is 4.29. The summed E-state index contributed by atoms with van der Waals surface area (Å²) in [6.07, 6.45) is 0.649. The number of carbonyl (C=O) groups is 1. The van der Waals surface area contributed by atoms with Gasteiger partial charge in [-0.05, 0) is 43.2 Å². The highest BCUT2D eigenvalue weighted by Crippen LogP contribution is 2.12. The highest BCUT2D eigenvalue weighted by Gasteiger charge is 2.16. The van der Waals surface area contributed by atoms with Gasteiger partial charge in [-0.2, -0.15) is 5.10 Å². The molecule has 0 radical (unpaired) electrons. The number of hydrogen-bond acceptors (Lipinski definition) is 3. The second-order valence-corrected chi connectivity index (χ2v) is 6.39. The minimum Gasteiger partial charge on any atom is -0.350 e. The van der Waals surface area contributed by atoms with Crippen LogP contribution in [0.25, 0.3) is 10.9 Å². The molecule has 0 bridgehead atoms. The molecule has 0 aliphatic rings. The second kappa shape index (κ2) is 7.07. The molecule has 25 heavy (non-hydrogen) atoms. The van der Waals surface area contributed by atoms with E-state index in [9.17, 15) is 9.59 Å². The summed E-state index contributed by atoms with van der Waals surface area (Å²) >= 11 is 5.85. The molecule has 3 rings (SSSR count). The summed E-state index contributed by atoms with van der Waals surface area (Å²) in [5.41, 5.74) is 2.29. The smallest absolute Gasteiger partial charge is 0.275 e. The zero-order valence-corrected chi connectivity index (χ0v) is 14.8. The lowest BCUT2D eigenvalue weighted by Gasteiger charge is -2.09. The van der Waals surface area contributed by atoms with Crippen molar-refractivity contribution in [3.8, 4) is 0 Å². The Labute approximate surface area is 150 Å². The number of carbonyl (C=O) groups excluding carboxylic acids is 1. The third kappa shape index (κ3) is 3.72. The van der Waals surface area contributed by atoms with Crippen LogP contribution >= 0.6 is 11.6 Å². The fourth-order valence-corrected chi connectivity index (χ4v) is 2.82. The van der Waals surface area contributed by atoms with Gasteiger partial charge in [0.2, 0.25) is 5.43 Å². The maximum Gasteiger partial charge on any atom is 0.275 e. The molecule has 0 saturated carbocycles. The lowest BCUT2D eigenvalue weighted by atomic mass is 10.1. The summed E-state index contributed by atoms with van der Waals surface area (Å²) in [4.78, 5) is 25.0. The van der Waals surface area contributed by atoms with Gasteiger partial charge in [0.1, 0.15) is 0 Å². The Morgan fingerprint density at radius 1 is 1.20 bits per heavy atom. The summed E-state index contributed by atoms with van der Waals surface area (Å²) in [7, 11) is 1.72. The summed E-state index contributed by atoms with van der Waals surface area (Å²) < 4.78 is 1.56. The van der Waals surface area contributed by atoms with Crippen molar-refractivity contribution >= 4 is 28.4 Å². The van der Waals surface area contributed by atoms with Gasteiger partial charge in [0, 0.05) is 18.6 Å². The van der Waals surface area contributed by atoms with E-state index in [0.29, 0.717) is 28.9 Å². The molecule has 1 N–H and O–H groups in total. The topological polar surface area (TPSA) is 64.0 Å². The number of nitrogens with zero attached hydrogens (tertiary/aromatic N) is 2. The summed E-state index contributed by atoms with van der Waals surface area (Å²) in [5, 5.41) is 8.08. The van der Waals surface area contributed by atoms with Gasteiger partial charge < -0.3 is 5.32 Å². The van der Waals surface area contributed by atoms with E-state index in [2.05, 4.69) is 10.4 Å². The number of aromatic nitrogens is 2. The number of fused-ring (bicyclic) bond motifs is 1. The van der Waals surface area contributed by atoms with Gasteiger partial charge in [0.15, 0.2) is 5.69 Å². The minimum atomic E-state index is -0.460. The van der Waals surface area contributed by atoms with E-state index in [1.807, 2.05) is 43.3 Å². The number of benzene rings is 2. The maximum absolute atomic E-state index is 12.6. The molecule has 3 aromatic rings. The Kier molecular flexibility index (Phi) is 4.86. The standard InChI is InChI=1S/C19H18ClN3O2/c1-12-3-8-16-15(11-12)18(24)17(22-23(16)2)19(25)21-10-9-13-4-6-14(20)7-5-13/h3-8,11H,9-10H2,1-2H3,(H,21,25). The molecule has 0 unspecified atom stereocenters. The Morgan fingerprint density at radius 2 is 1.92 bits per heavy atom. The van der Waals surface area contributed by atoms with Crippen LogP contribution in [-0.4, -0.2) is 22.2 Å². The van der Waals surface area contributed by atoms with E-state index in [-0.39, 0.29) is 11.1 Å². The lowest BCUT2D eigenvalue weighted by Crippen LogP contribution is -2.33. The SMILES string of the molecule is Cc1ccc2c(c1)c(=O)c(C(=O)NCCc1ccc(Cl)cc1)nn2C. The van der Waals surface area contributed by atoms with Crippen molar-refractivity contribution in [2.75, 3.05) is 6.54 Å². The second-order valence-electron chi connectivity index (χ2n) is 5.95. The number of nitrogens with one attached hydrogen (secondary N) is 1. The van der Waals surface area contributed by atoms with Crippen LogP contribution in [0.3, 0.4) is 0 Å². The first-order chi connectivity index (χ1) is 12.0. The first-order valence-corrected chi connectivity index (χ1v) is 8.34. The van der Waals surface area contributed by atoms with Crippen LogP contribution < -0.4 is 10.7 Å². The maximum atomic E-state index is 12.6. The van der Waals surface area contributed by atoms with E-state index in [4.69, 9.17) is 11.6 Å². The van der Waals surface area contributed by atoms with Gasteiger partial charge in [-0.15, -0.1) is 0 Å². The molecule has 2 aromatic carbocycles. The highest BCUT2D eigenvalue weighted by atomic mass is 35.5. The van der Waals surface area contributed by atoms with Crippen molar-refractivity contribution in [3.05, 3.63) is 74.5 Å². The average molecular weight is 356 g/mol. The Balaban J connectivity index is 1.79. The van der Waals surface area contributed by atoms with Crippen molar-refractivity contribution in [3.63, 3.8) is 0 Å². The van der Waals surface area contributed by atoms with Gasteiger partial charge >= 0.3 is 0 Å². The van der Waals surface area contributed by atoms with Crippen LogP contribution in [0.4, 0.5) is 0 Å². The van der Waals surface area contributed by atoms with Crippen LogP contribution in [0.2, 0.25) is 5.02 Å². The molecule has 1 amide bonds. The van der Waals surface area contributed by atoms with Crippen LogP contribution in [0, 0.1) is 6.92 Å². The number of rotatable bonds is 4. The summed E-state index contributed by atoms with van der Waals surface area (Å²) in [5.74, 6) is -0.460. The van der Waals surface area contributed by atoms with Crippen LogP contribution in [0.15, 0.2) is 47.3 Å². The van der Waals surface area contributed by atoms with E-state index in [1.165, 1.54) is 0 Å². The fraction of sp³-hybridized carbons (Fsp3) is 0.211. The molecule has 1 heterocycles. The Morgan fingerprint density at radius 3 is 2.64 bits per heavy atom. The molecule has 0 fully saturated rings. The molecule has 5 nitrogen and oxygen atoms in total. The van der Waals surface area contributed by atoms with Crippen molar-refractivity contribution in [2.24, 2.45) is 7.05 Å². The molecule has 0 atom stereocenters. The van der Waals surface area contributed by atoms with Crippen molar-refractivity contribution in [2.45, 2.75) is 13.3 Å². The van der Waals surface area contributed by atoms with Crippen LogP contribution in [0.1, 0.15) is 21.6 Å². The van der Waals surface area contributed by atoms with Gasteiger partial charge in [-0.1, -0.05) is 35.4 Å². The zero-order chi connectivity index (χ0) is 18.0. The Bertz CT molecular complexity index is 994. The molecule has 128 valence electrons. The predicted molar refractivity (Wildman–Crippen MR) is 99.2 cm³/mol.